The fourth-order valence-electron chi connectivity index (χ4n) is 3.72. The summed E-state index contributed by atoms with van der Waals surface area (Å²) >= 11 is 0. The van der Waals surface area contributed by atoms with Crippen molar-refractivity contribution in [3.63, 3.8) is 0 Å². The van der Waals surface area contributed by atoms with Crippen LogP contribution in [0.25, 0.3) is 0 Å². The summed E-state index contributed by atoms with van der Waals surface area (Å²) in [7, 11) is 1.45. The molecule has 1 aliphatic rings. The molecule has 0 aliphatic carbocycles. The molecule has 1 atom stereocenters. The number of benzene rings is 3. The summed E-state index contributed by atoms with van der Waals surface area (Å²) in [5.74, 6) is 0.0950. The van der Waals surface area contributed by atoms with Gasteiger partial charge in [-0.05, 0) is 28.4 Å². The first-order valence-corrected chi connectivity index (χ1v) is 9.75. The zero-order valence-corrected chi connectivity index (χ0v) is 16.9. The highest BCUT2D eigenvalue weighted by Gasteiger charge is 2.35. The summed E-state index contributed by atoms with van der Waals surface area (Å²) in [5, 5.41) is 3.04. The number of para-hydroxylation sites is 1. The Hall–Kier alpha value is -4.00. The third-order valence-corrected chi connectivity index (χ3v) is 5.24. The minimum absolute atomic E-state index is 0.0439. The first-order valence-electron chi connectivity index (χ1n) is 9.75. The van der Waals surface area contributed by atoms with Gasteiger partial charge in [0.15, 0.2) is 11.5 Å². The van der Waals surface area contributed by atoms with Gasteiger partial charge >= 0.3 is 0 Å². The molecule has 156 valence electrons. The first kappa shape index (κ1) is 20.3. The fourth-order valence-corrected chi connectivity index (χ4v) is 3.72. The third kappa shape index (κ3) is 3.90. The maximum atomic E-state index is 13.4. The van der Waals surface area contributed by atoms with Crippen molar-refractivity contribution in [3.05, 3.63) is 88.3 Å². The number of carbonyl (C=O) groups is 2. The van der Waals surface area contributed by atoms with Crippen LogP contribution in [0.15, 0.2) is 71.9 Å². The van der Waals surface area contributed by atoms with Crippen molar-refractivity contribution in [1.29, 1.82) is 0 Å². The average molecular weight is 416 g/mol. The van der Waals surface area contributed by atoms with E-state index in [1.165, 1.54) is 24.1 Å². The summed E-state index contributed by atoms with van der Waals surface area (Å²) in [5.41, 5.74) is 2.44. The van der Waals surface area contributed by atoms with Gasteiger partial charge in [-0.2, -0.15) is 0 Å². The average Bonchev–Trinajstić information content (AvgIpc) is 3.21. The number of hydrogen-bond donors (Lipinski definition) is 0. The van der Waals surface area contributed by atoms with E-state index in [2.05, 4.69) is 5.18 Å². The second kappa shape index (κ2) is 8.79. The molecule has 0 radical (unpaired) electrons. The van der Waals surface area contributed by atoms with Crippen LogP contribution >= 0.6 is 0 Å². The Morgan fingerprint density at radius 3 is 2.55 bits per heavy atom. The van der Waals surface area contributed by atoms with Crippen LogP contribution in [0.3, 0.4) is 0 Å². The highest BCUT2D eigenvalue weighted by molar-refractivity contribution is 6.12. The number of methoxy groups -OCH3 is 1. The highest BCUT2D eigenvalue weighted by Crippen LogP contribution is 2.39. The largest absolute Gasteiger partial charge is 0.493 e. The van der Waals surface area contributed by atoms with Crippen LogP contribution in [0.4, 0.5) is 11.4 Å². The quantitative estimate of drug-likeness (QED) is 0.420. The van der Waals surface area contributed by atoms with Gasteiger partial charge in [0.2, 0.25) is 0 Å². The molecule has 0 saturated heterocycles. The van der Waals surface area contributed by atoms with E-state index in [9.17, 15) is 14.5 Å². The monoisotopic (exact) mass is 416 g/mol. The number of nitrogens with zero attached hydrogens (tertiary/aromatic N) is 2. The number of anilines is 1. The molecule has 0 aromatic heterocycles. The summed E-state index contributed by atoms with van der Waals surface area (Å²) in [4.78, 5) is 38.0. The SMILES string of the molecule is COc1cc(C(=O)N2c3ccccc3C[C@H]2C=O)c(N=O)cc1OCc1ccccc1. The Balaban J connectivity index is 1.69. The van der Waals surface area contributed by atoms with E-state index in [1.54, 1.807) is 12.1 Å². The van der Waals surface area contributed by atoms with Crippen LogP contribution in [0.5, 0.6) is 11.5 Å². The molecule has 0 spiro atoms. The molecule has 0 unspecified atom stereocenters. The summed E-state index contributed by atoms with van der Waals surface area (Å²) in [6, 6.07) is 19.0. The van der Waals surface area contributed by atoms with Crippen molar-refractivity contribution >= 4 is 23.6 Å². The Bertz CT molecular complexity index is 1130. The number of amides is 1. The van der Waals surface area contributed by atoms with E-state index in [1.807, 2.05) is 42.5 Å². The molecule has 1 aliphatic heterocycles. The lowest BCUT2D eigenvalue weighted by Crippen LogP contribution is -2.38. The van der Waals surface area contributed by atoms with Gasteiger partial charge in [0, 0.05) is 18.2 Å². The fraction of sp³-hybridized carbons (Fsp3) is 0.167. The van der Waals surface area contributed by atoms with Gasteiger partial charge in [0.1, 0.15) is 18.6 Å². The predicted molar refractivity (Wildman–Crippen MR) is 116 cm³/mol. The molecule has 0 N–H and O–H groups in total. The predicted octanol–water partition coefficient (Wildman–Crippen LogP) is 4.44. The van der Waals surface area contributed by atoms with Crippen LogP contribution in [0.1, 0.15) is 21.5 Å². The van der Waals surface area contributed by atoms with Crippen molar-refractivity contribution in [2.75, 3.05) is 12.0 Å². The van der Waals surface area contributed by atoms with Gasteiger partial charge in [-0.3, -0.25) is 9.69 Å². The number of nitroso groups, excluding NO2 is 1. The van der Waals surface area contributed by atoms with Gasteiger partial charge < -0.3 is 14.3 Å². The highest BCUT2D eigenvalue weighted by atomic mass is 16.5. The van der Waals surface area contributed by atoms with E-state index in [-0.39, 0.29) is 17.9 Å². The zero-order valence-electron chi connectivity index (χ0n) is 16.9. The first-order chi connectivity index (χ1) is 15.2. The summed E-state index contributed by atoms with van der Waals surface area (Å²) < 4.78 is 11.2. The lowest BCUT2D eigenvalue weighted by molar-refractivity contribution is -0.108. The summed E-state index contributed by atoms with van der Waals surface area (Å²) in [6.07, 6.45) is 1.16. The van der Waals surface area contributed by atoms with Gasteiger partial charge in [0.25, 0.3) is 5.91 Å². The van der Waals surface area contributed by atoms with Crippen LogP contribution in [-0.2, 0) is 17.8 Å². The van der Waals surface area contributed by atoms with Gasteiger partial charge in [-0.15, -0.1) is 4.91 Å². The number of aldehydes is 1. The number of carbonyl (C=O) groups excluding carboxylic acids is 2. The van der Waals surface area contributed by atoms with Crippen molar-refractivity contribution in [2.45, 2.75) is 19.1 Å². The topological polar surface area (TPSA) is 85.3 Å². The van der Waals surface area contributed by atoms with Crippen molar-refractivity contribution in [1.82, 2.24) is 0 Å². The molecule has 7 nitrogen and oxygen atoms in total. The Morgan fingerprint density at radius 2 is 1.84 bits per heavy atom. The Morgan fingerprint density at radius 1 is 1.10 bits per heavy atom. The summed E-state index contributed by atoms with van der Waals surface area (Å²) in [6.45, 7) is 0.259. The molecule has 7 heteroatoms. The van der Waals surface area contributed by atoms with Crippen molar-refractivity contribution in [2.24, 2.45) is 5.18 Å². The molecule has 31 heavy (non-hydrogen) atoms. The third-order valence-electron chi connectivity index (χ3n) is 5.24. The molecule has 0 saturated carbocycles. The second-order valence-corrected chi connectivity index (χ2v) is 7.10. The second-order valence-electron chi connectivity index (χ2n) is 7.10. The van der Waals surface area contributed by atoms with Crippen LogP contribution < -0.4 is 14.4 Å². The molecular formula is C24H20N2O5. The Kier molecular flexibility index (Phi) is 5.75. The minimum atomic E-state index is -0.649. The molecule has 3 aromatic rings. The number of hydrogen-bond acceptors (Lipinski definition) is 6. The molecule has 0 fully saturated rings. The maximum absolute atomic E-state index is 13.4. The van der Waals surface area contributed by atoms with Crippen molar-refractivity contribution < 1.29 is 19.1 Å². The molecule has 1 amide bonds. The smallest absolute Gasteiger partial charge is 0.261 e. The van der Waals surface area contributed by atoms with E-state index < -0.39 is 11.9 Å². The van der Waals surface area contributed by atoms with E-state index in [0.29, 0.717) is 23.6 Å². The van der Waals surface area contributed by atoms with E-state index in [4.69, 9.17) is 9.47 Å². The number of rotatable bonds is 7. The van der Waals surface area contributed by atoms with Crippen LogP contribution in [0, 0.1) is 4.91 Å². The van der Waals surface area contributed by atoms with E-state index in [0.717, 1.165) is 17.4 Å². The zero-order chi connectivity index (χ0) is 21.8. The lowest BCUT2D eigenvalue weighted by Gasteiger charge is -2.23. The van der Waals surface area contributed by atoms with Gasteiger partial charge in [-0.1, -0.05) is 48.5 Å². The Labute approximate surface area is 179 Å². The molecule has 1 heterocycles. The minimum Gasteiger partial charge on any atom is -0.493 e. The normalized spacial score (nSPS) is 14.6. The molecular weight excluding hydrogens is 396 g/mol. The number of fused-ring (bicyclic) bond motifs is 1. The molecule has 3 aromatic carbocycles. The van der Waals surface area contributed by atoms with Gasteiger partial charge in [-0.25, -0.2) is 0 Å². The van der Waals surface area contributed by atoms with Crippen LogP contribution in [-0.4, -0.2) is 25.3 Å². The maximum Gasteiger partial charge on any atom is 0.261 e. The molecule has 4 rings (SSSR count). The van der Waals surface area contributed by atoms with Crippen LogP contribution in [0.2, 0.25) is 0 Å². The lowest BCUT2D eigenvalue weighted by atomic mass is 10.1. The molecule has 0 bridgehead atoms. The van der Waals surface area contributed by atoms with E-state index >= 15 is 0 Å². The van der Waals surface area contributed by atoms with Gasteiger partial charge in [0.05, 0.1) is 18.7 Å². The standard InChI is InChI=1S/C24H20N2O5/c1-30-22-12-19(20(25-29)13-23(22)31-15-16-7-3-2-4-8-16)24(28)26-18(14-27)11-17-9-5-6-10-21(17)26/h2-10,12-14,18H,11,15H2,1H3/t18-/m0/s1. The number of ether oxygens (including phenoxy) is 2. The van der Waals surface area contributed by atoms with Crippen molar-refractivity contribution in [3.8, 4) is 11.5 Å².